The Bertz CT molecular complexity index is 549. The van der Waals surface area contributed by atoms with E-state index in [0.717, 1.165) is 56.4 Å². The van der Waals surface area contributed by atoms with E-state index in [9.17, 15) is 0 Å². The van der Waals surface area contributed by atoms with Gasteiger partial charge >= 0.3 is 0 Å². The molecule has 6 nitrogen and oxygen atoms in total. The van der Waals surface area contributed by atoms with Crippen LogP contribution in [0.3, 0.4) is 0 Å². The zero-order valence-corrected chi connectivity index (χ0v) is 15.4. The van der Waals surface area contributed by atoms with Gasteiger partial charge in [0.1, 0.15) is 6.10 Å². The lowest BCUT2D eigenvalue weighted by molar-refractivity contribution is 0.181. The molecule has 1 aromatic rings. The van der Waals surface area contributed by atoms with Gasteiger partial charge in [0.2, 0.25) is 5.88 Å². The first kappa shape index (κ1) is 18.0. The van der Waals surface area contributed by atoms with Gasteiger partial charge in [0.15, 0.2) is 5.96 Å². The highest BCUT2D eigenvalue weighted by molar-refractivity contribution is 5.79. The minimum Gasteiger partial charge on any atom is -0.474 e. The molecule has 1 saturated carbocycles. The van der Waals surface area contributed by atoms with Crippen molar-refractivity contribution in [3.63, 3.8) is 0 Å². The van der Waals surface area contributed by atoms with Crippen molar-refractivity contribution in [2.75, 3.05) is 33.9 Å². The summed E-state index contributed by atoms with van der Waals surface area (Å²) < 4.78 is 11.4. The summed E-state index contributed by atoms with van der Waals surface area (Å²) in [4.78, 5) is 11.0. The van der Waals surface area contributed by atoms with Gasteiger partial charge in [0, 0.05) is 52.0 Å². The fraction of sp³-hybridized carbons (Fsp3) is 0.684. The number of aliphatic imine (C=N–C) groups is 1. The second-order valence-corrected chi connectivity index (χ2v) is 7.04. The molecule has 0 aromatic carbocycles. The van der Waals surface area contributed by atoms with Gasteiger partial charge in [-0.1, -0.05) is 6.07 Å². The van der Waals surface area contributed by atoms with Crippen LogP contribution in [-0.2, 0) is 11.3 Å². The quantitative estimate of drug-likeness (QED) is 0.633. The zero-order chi connectivity index (χ0) is 17.5. The Morgan fingerprint density at radius 3 is 2.84 bits per heavy atom. The molecule has 1 N–H and O–H groups in total. The summed E-state index contributed by atoms with van der Waals surface area (Å²) in [5, 5.41) is 3.41. The van der Waals surface area contributed by atoms with Crippen LogP contribution >= 0.6 is 0 Å². The molecule has 2 heterocycles. The van der Waals surface area contributed by atoms with Crippen molar-refractivity contribution < 1.29 is 9.47 Å². The Kier molecular flexibility index (Phi) is 6.50. The van der Waals surface area contributed by atoms with Gasteiger partial charge in [0.25, 0.3) is 0 Å². The lowest BCUT2D eigenvalue weighted by Gasteiger charge is -2.24. The predicted octanol–water partition coefficient (Wildman–Crippen LogP) is 2.45. The SMILES string of the molecule is CN=C(NCc1ccc(OC2CCCC2)nc1)N(C)CC1CCOC1. The standard InChI is InChI=1S/C19H30N4O2/c1-20-19(23(2)13-16-9-10-24-14-16)22-12-15-7-8-18(21-11-15)25-17-5-3-4-6-17/h7-8,11,16-17H,3-6,9-10,12-14H2,1-2H3,(H,20,22). The van der Waals surface area contributed by atoms with Crippen LogP contribution in [0.1, 0.15) is 37.7 Å². The molecule has 25 heavy (non-hydrogen) atoms. The van der Waals surface area contributed by atoms with E-state index in [2.05, 4.69) is 33.3 Å². The summed E-state index contributed by atoms with van der Waals surface area (Å²) in [6.45, 7) is 3.40. The number of hydrogen-bond donors (Lipinski definition) is 1. The summed E-state index contributed by atoms with van der Waals surface area (Å²) >= 11 is 0. The molecule has 3 rings (SSSR count). The van der Waals surface area contributed by atoms with Crippen molar-refractivity contribution in [2.24, 2.45) is 10.9 Å². The van der Waals surface area contributed by atoms with Gasteiger partial charge in [-0.15, -0.1) is 0 Å². The number of rotatable bonds is 6. The van der Waals surface area contributed by atoms with Gasteiger partial charge in [-0.05, 0) is 37.7 Å². The number of pyridine rings is 1. The van der Waals surface area contributed by atoms with Crippen LogP contribution < -0.4 is 10.1 Å². The lowest BCUT2D eigenvalue weighted by Crippen LogP contribution is -2.41. The molecule has 138 valence electrons. The van der Waals surface area contributed by atoms with Crippen LogP contribution in [0.5, 0.6) is 5.88 Å². The first-order chi connectivity index (χ1) is 12.2. The van der Waals surface area contributed by atoms with E-state index in [-0.39, 0.29) is 0 Å². The Balaban J connectivity index is 1.45. The molecule has 2 aliphatic rings. The minimum absolute atomic E-state index is 0.350. The lowest BCUT2D eigenvalue weighted by atomic mass is 10.1. The Labute approximate surface area is 150 Å². The van der Waals surface area contributed by atoms with Crippen molar-refractivity contribution in [1.82, 2.24) is 15.2 Å². The average molecular weight is 346 g/mol. The Hall–Kier alpha value is -1.82. The van der Waals surface area contributed by atoms with Crippen molar-refractivity contribution in [2.45, 2.75) is 44.8 Å². The second-order valence-electron chi connectivity index (χ2n) is 7.04. The van der Waals surface area contributed by atoms with E-state index in [1.807, 2.05) is 19.3 Å². The summed E-state index contributed by atoms with van der Waals surface area (Å²) in [6, 6.07) is 4.04. The Morgan fingerprint density at radius 1 is 1.36 bits per heavy atom. The third-order valence-corrected chi connectivity index (χ3v) is 4.97. The van der Waals surface area contributed by atoms with Gasteiger partial charge in [-0.3, -0.25) is 4.99 Å². The molecular weight excluding hydrogens is 316 g/mol. The molecule has 1 aliphatic heterocycles. The minimum atomic E-state index is 0.350. The van der Waals surface area contributed by atoms with Gasteiger partial charge in [-0.2, -0.15) is 0 Å². The van der Waals surface area contributed by atoms with Crippen molar-refractivity contribution in [3.8, 4) is 5.88 Å². The number of aromatic nitrogens is 1. The maximum absolute atomic E-state index is 5.91. The fourth-order valence-corrected chi connectivity index (χ4v) is 3.53. The molecule has 1 atom stereocenters. The molecule has 6 heteroatoms. The number of nitrogens with zero attached hydrogens (tertiary/aromatic N) is 3. The summed E-state index contributed by atoms with van der Waals surface area (Å²) in [7, 11) is 3.89. The monoisotopic (exact) mass is 346 g/mol. The average Bonchev–Trinajstić information content (AvgIpc) is 3.31. The van der Waals surface area contributed by atoms with Crippen LogP contribution in [0, 0.1) is 5.92 Å². The third-order valence-electron chi connectivity index (χ3n) is 4.97. The van der Waals surface area contributed by atoms with E-state index in [1.165, 1.54) is 12.8 Å². The predicted molar refractivity (Wildman–Crippen MR) is 98.9 cm³/mol. The molecule has 1 aromatic heterocycles. The first-order valence-corrected chi connectivity index (χ1v) is 9.35. The van der Waals surface area contributed by atoms with E-state index in [4.69, 9.17) is 9.47 Å². The fourth-order valence-electron chi connectivity index (χ4n) is 3.53. The smallest absolute Gasteiger partial charge is 0.213 e. The van der Waals surface area contributed by atoms with E-state index in [1.54, 1.807) is 0 Å². The Morgan fingerprint density at radius 2 is 2.20 bits per heavy atom. The summed E-state index contributed by atoms with van der Waals surface area (Å²) in [6.07, 6.45) is 8.21. The number of hydrogen-bond acceptors (Lipinski definition) is 4. The highest BCUT2D eigenvalue weighted by Gasteiger charge is 2.19. The maximum atomic E-state index is 5.91. The highest BCUT2D eigenvalue weighted by Crippen LogP contribution is 2.22. The largest absolute Gasteiger partial charge is 0.474 e. The van der Waals surface area contributed by atoms with Crippen molar-refractivity contribution in [1.29, 1.82) is 0 Å². The number of ether oxygens (including phenoxy) is 2. The molecule has 0 bridgehead atoms. The topological polar surface area (TPSA) is 59.0 Å². The van der Waals surface area contributed by atoms with Crippen LogP contribution in [0.25, 0.3) is 0 Å². The van der Waals surface area contributed by atoms with Crippen LogP contribution in [0.2, 0.25) is 0 Å². The van der Waals surface area contributed by atoms with Gasteiger partial charge in [-0.25, -0.2) is 4.98 Å². The molecule has 0 amide bonds. The second kappa shape index (κ2) is 9.04. The zero-order valence-electron chi connectivity index (χ0n) is 15.4. The van der Waals surface area contributed by atoms with Gasteiger partial charge in [0.05, 0.1) is 6.61 Å². The summed E-state index contributed by atoms with van der Waals surface area (Å²) in [5.74, 6) is 2.23. The van der Waals surface area contributed by atoms with E-state index >= 15 is 0 Å². The van der Waals surface area contributed by atoms with Crippen LogP contribution in [-0.4, -0.2) is 55.8 Å². The van der Waals surface area contributed by atoms with E-state index < -0.39 is 0 Å². The van der Waals surface area contributed by atoms with Crippen molar-refractivity contribution in [3.05, 3.63) is 23.9 Å². The molecule has 1 aliphatic carbocycles. The molecule has 0 spiro atoms. The molecule has 0 radical (unpaired) electrons. The number of guanidine groups is 1. The molecule has 1 saturated heterocycles. The first-order valence-electron chi connectivity index (χ1n) is 9.35. The van der Waals surface area contributed by atoms with Crippen LogP contribution in [0.4, 0.5) is 0 Å². The molecule has 2 fully saturated rings. The highest BCUT2D eigenvalue weighted by atomic mass is 16.5. The van der Waals surface area contributed by atoms with E-state index in [0.29, 0.717) is 18.6 Å². The maximum Gasteiger partial charge on any atom is 0.213 e. The van der Waals surface area contributed by atoms with Crippen LogP contribution in [0.15, 0.2) is 23.3 Å². The molecule has 1 unspecified atom stereocenters. The third kappa shape index (κ3) is 5.33. The normalized spacial score (nSPS) is 21.5. The van der Waals surface area contributed by atoms with Crippen molar-refractivity contribution >= 4 is 5.96 Å². The molecular formula is C19H30N4O2. The summed E-state index contributed by atoms with van der Waals surface area (Å²) in [5.41, 5.74) is 1.12. The number of nitrogens with one attached hydrogen (secondary N) is 1. The van der Waals surface area contributed by atoms with Gasteiger partial charge < -0.3 is 19.7 Å².